The molecule has 0 heterocycles. The van der Waals surface area contributed by atoms with Gasteiger partial charge in [-0.15, -0.1) is 0 Å². The maximum absolute atomic E-state index is 14.0. The van der Waals surface area contributed by atoms with Crippen molar-refractivity contribution in [2.24, 2.45) is 0 Å². The van der Waals surface area contributed by atoms with Crippen LogP contribution < -0.4 is 0 Å². The molecule has 0 spiro atoms. The third-order valence-corrected chi connectivity index (χ3v) is 6.69. The zero-order chi connectivity index (χ0) is 22.3. The van der Waals surface area contributed by atoms with Gasteiger partial charge in [0.2, 0.25) is 0 Å². The van der Waals surface area contributed by atoms with E-state index in [-0.39, 0.29) is 0 Å². The second kappa shape index (κ2) is 7.20. The predicted molar refractivity (Wildman–Crippen MR) is 60.9 cm³/mol. The van der Waals surface area contributed by atoms with Crippen LogP contribution in [-0.2, 0) is 8.85 Å². The molecule has 0 bridgehead atoms. The van der Waals surface area contributed by atoms with Crippen molar-refractivity contribution in [3.63, 3.8) is 0 Å². The fraction of sp³-hybridized carbons (Fsp3) is 1.00. The van der Waals surface area contributed by atoms with E-state index in [1.54, 1.807) is 0 Å². The first kappa shape index (κ1) is 26.2. The summed E-state index contributed by atoms with van der Waals surface area (Å²) in [6.45, 7) is -2.52. The molecule has 0 aromatic heterocycles. The molecule has 0 saturated heterocycles. The van der Waals surface area contributed by atoms with E-state index in [4.69, 9.17) is 0 Å². The Morgan fingerprint density at radius 1 is 0.519 bits per heavy atom. The number of rotatable bonds is 8. The summed E-state index contributed by atoms with van der Waals surface area (Å²) in [5.41, 5.74) is -14.6. The third kappa shape index (κ3) is 3.61. The summed E-state index contributed by atoms with van der Waals surface area (Å²) < 4.78 is 189. The number of halogens is 14. The summed E-state index contributed by atoms with van der Waals surface area (Å²) in [7, 11) is -8.35. The van der Waals surface area contributed by atoms with Crippen molar-refractivity contribution in [2.75, 3.05) is 13.2 Å². The molecule has 0 radical (unpaired) electrons. The minimum Gasteiger partial charge on any atom is -0.387 e. The topological polar surface area (TPSA) is 18.5 Å². The molecule has 0 aliphatic carbocycles. The first-order valence-corrected chi connectivity index (χ1v) is 8.36. The number of hydrogen-bond acceptors (Lipinski definition) is 2. The molecule has 0 aliphatic heterocycles. The number of hydrogen-bond donors (Lipinski definition) is 0. The van der Waals surface area contributed by atoms with Gasteiger partial charge in [0.05, 0.1) is 0 Å². The summed E-state index contributed by atoms with van der Waals surface area (Å²) in [6, 6.07) is 0. The minimum atomic E-state index is -8.35. The predicted octanol–water partition coefficient (Wildman–Crippen LogP) is 5.25. The highest BCUT2D eigenvalue weighted by molar-refractivity contribution is 6.73. The smallest absolute Gasteiger partial charge is 0.387 e. The van der Waals surface area contributed by atoms with E-state index in [0.29, 0.717) is 13.8 Å². The Hall–Kier alpha value is -0.843. The molecule has 2 nitrogen and oxygen atoms in total. The van der Waals surface area contributed by atoms with Crippen LogP contribution in [-0.4, -0.2) is 57.1 Å². The van der Waals surface area contributed by atoms with Crippen molar-refractivity contribution in [1.82, 2.24) is 0 Å². The largest absolute Gasteiger partial charge is 0.503 e. The average molecular weight is 456 g/mol. The molecule has 17 heteroatoms. The van der Waals surface area contributed by atoms with E-state index in [0.717, 1.165) is 0 Å². The van der Waals surface area contributed by atoms with Gasteiger partial charge >= 0.3 is 43.9 Å². The maximum atomic E-state index is 14.0. The summed E-state index contributed by atoms with van der Waals surface area (Å²) in [4.78, 5) is 0. The van der Waals surface area contributed by atoms with Gasteiger partial charge in [-0.25, -0.2) is 0 Å². The Morgan fingerprint density at radius 3 is 0.889 bits per heavy atom. The zero-order valence-corrected chi connectivity index (χ0v) is 14.0. The Morgan fingerprint density at radius 2 is 0.741 bits per heavy atom. The molecule has 0 aromatic rings. The molecular formula is C10H10F14O2Si. The van der Waals surface area contributed by atoms with Crippen LogP contribution >= 0.6 is 0 Å². The lowest BCUT2D eigenvalue weighted by molar-refractivity contribution is -0.362. The van der Waals surface area contributed by atoms with Crippen LogP contribution in [0.2, 0.25) is 0 Å². The molecule has 0 atom stereocenters. The third-order valence-electron chi connectivity index (χ3n) is 3.02. The highest BCUT2D eigenvalue weighted by Crippen LogP contribution is 2.59. The van der Waals surface area contributed by atoms with E-state index in [1.807, 2.05) is 0 Å². The average Bonchev–Trinajstić information content (AvgIpc) is 2.43. The van der Waals surface area contributed by atoms with E-state index in [9.17, 15) is 61.5 Å². The fourth-order valence-electron chi connectivity index (χ4n) is 1.78. The van der Waals surface area contributed by atoms with Crippen molar-refractivity contribution in [3.05, 3.63) is 0 Å². The van der Waals surface area contributed by atoms with E-state index in [1.165, 1.54) is 0 Å². The van der Waals surface area contributed by atoms with E-state index < -0.39 is 57.1 Å². The van der Waals surface area contributed by atoms with Crippen LogP contribution in [0.4, 0.5) is 61.5 Å². The Balaban J connectivity index is 7.07. The van der Waals surface area contributed by atoms with Gasteiger partial charge < -0.3 is 8.85 Å². The second-order valence-electron chi connectivity index (χ2n) is 4.78. The molecule has 164 valence electrons. The van der Waals surface area contributed by atoms with E-state index >= 15 is 0 Å². The highest BCUT2D eigenvalue weighted by Gasteiger charge is 2.96. The van der Waals surface area contributed by atoms with E-state index in [2.05, 4.69) is 8.85 Å². The lowest BCUT2D eigenvalue weighted by atomic mass is 10.3. The second-order valence-corrected chi connectivity index (χ2v) is 7.84. The molecule has 0 rings (SSSR count). The first-order chi connectivity index (χ1) is 11.6. The van der Waals surface area contributed by atoms with Gasteiger partial charge in [-0.2, -0.15) is 61.5 Å². The molecule has 0 aliphatic rings. The Bertz CT molecular complexity index is 465. The SMILES string of the molecule is CCO[Si](OCC)(C(F)(F)C(F)(F)C(F)(F)F)C(F)(F)C(F)(F)C(F)(F)F. The summed E-state index contributed by atoms with van der Waals surface area (Å²) in [5.74, 6) is -15.0. The Labute approximate surface area is 142 Å². The van der Waals surface area contributed by atoms with Gasteiger partial charge in [0, 0.05) is 13.2 Å². The monoisotopic (exact) mass is 456 g/mol. The summed E-state index contributed by atoms with van der Waals surface area (Å²) >= 11 is 0. The van der Waals surface area contributed by atoms with Gasteiger partial charge in [0.1, 0.15) is 0 Å². The van der Waals surface area contributed by atoms with Gasteiger partial charge in [0.15, 0.2) is 0 Å². The van der Waals surface area contributed by atoms with Crippen molar-refractivity contribution in [3.8, 4) is 0 Å². The standard InChI is InChI=1S/C10H10F14O2Si/c1-3-25-27(26-4-2,9(21,22)5(11,12)7(15,16)17)10(23,24)6(13,14)8(18,19)20/h3-4H2,1-2H3. The summed E-state index contributed by atoms with van der Waals surface area (Å²) in [6.07, 6.45) is -14.6. The van der Waals surface area contributed by atoms with Crippen LogP contribution in [0.3, 0.4) is 0 Å². The lowest BCUT2D eigenvalue weighted by Gasteiger charge is -2.45. The van der Waals surface area contributed by atoms with Crippen molar-refractivity contribution in [2.45, 2.75) is 49.1 Å². The molecule has 27 heavy (non-hydrogen) atoms. The van der Waals surface area contributed by atoms with Crippen LogP contribution in [0, 0.1) is 0 Å². The molecule has 0 saturated carbocycles. The minimum absolute atomic E-state index is 0.407. The van der Waals surface area contributed by atoms with Gasteiger partial charge in [-0.3, -0.25) is 0 Å². The lowest BCUT2D eigenvalue weighted by Crippen LogP contribution is -2.81. The normalized spacial score (nSPS) is 16.0. The molecule has 0 unspecified atom stereocenters. The molecule has 0 fully saturated rings. The van der Waals surface area contributed by atoms with Crippen LogP contribution in [0.25, 0.3) is 0 Å². The first-order valence-electron chi connectivity index (χ1n) is 6.55. The number of alkyl halides is 14. The fourth-order valence-corrected chi connectivity index (χ4v) is 4.90. The quantitative estimate of drug-likeness (QED) is 0.367. The maximum Gasteiger partial charge on any atom is 0.503 e. The molecular weight excluding hydrogens is 446 g/mol. The molecule has 0 N–H and O–H groups in total. The zero-order valence-electron chi connectivity index (χ0n) is 13.0. The molecule has 0 amide bonds. The van der Waals surface area contributed by atoms with Crippen molar-refractivity contribution < 1.29 is 70.3 Å². The van der Waals surface area contributed by atoms with Crippen molar-refractivity contribution >= 4 is 8.56 Å². The van der Waals surface area contributed by atoms with Crippen LogP contribution in [0.15, 0.2) is 0 Å². The van der Waals surface area contributed by atoms with Crippen molar-refractivity contribution in [1.29, 1.82) is 0 Å². The van der Waals surface area contributed by atoms with Gasteiger partial charge in [-0.05, 0) is 13.8 Å². The van der Waals surface area contributed by atoms with Gasteiger partial charge in [-0.1, -0.05) is 0 Å². The Kier molecular flexibility index (Phi) is 6.97. The highest BCUT2D eigenvalue weighted by atomic mass is 28.4. The van der Waals surface area contributed by atoms with Crippen LogP contribution in [0.5, 0.6) is 0 Å². The summed E-state index contributed by atoms with van der Waals surface area (Å²) in [5, 5.41) is 0. The van der Waals surface area contributed by atoms with Gasteiger partial charge in [0.25, 0.3) is 0 Å². The molecule has 0 aromatic carbocycles. The van der Waals surface area contributed by atoms with Crippen LogP contribution in [0.1, 0.15) is 13.8 Å².